The van der Waals surface area contributed by atoms with E-state index in [-0.39, 0.29) is 5.69 Å². The summed E-state index contributed by atoms with van der Waals surface area (Å²) in [4.78, 5) is 27.8. The molecule has 0 aliphatic carbocycles. The number of benzene rings is 2. The Morgan fingerprint density at radius 1 is 0.929 bits per heavy atom. The first-order valence-corrected chi connectivity index (χ1v) is 8.18. The highest BCUT2D eigenvalue weighted by Crippen LogP contribution is 2.19. The second kappa shape index (κ2) is 8.71. The zero-order valence-corrected chi connectivity index (χ0v) is 14.9. The number of nitro benzene ring substituents is 1. The van der Waals surface area contributed by atoms with E-state index in [1.807, 2.05) is 23.7 Å². The molecule has 3 rings (SSSR count). The van der Waals surface area contributed by atoms with Crippen LogP contribution in [0.4, 0.5) is 17.1 Å². The minimum absolute atomic E-state index is 0.0338. The summed E-state index contributed by atoms with van der Waals surface area (Å²) < 4.78 is 1.93. The summed E-state index contributed by atoms with van der Waals surface area (Å²) in [5.41, 5.74) is 3.16. The highest BCUT2D eigenvalue weighted by atomic mass is 17.3. The number of aliphatic imine (C=N–C) groups is 2. The minimum Gasteiger partial charge on any atom is -0.342 e. The molecule has 0 aliphatic rings. The van der Waals surface area contributed by atoms with Crippen LogP contribution in [0.3, 0.4) is 0 Å². The number of nitrogens with zero attached hydrogens (tertiary/aromatic N) is 4. The maximum atomic E-state index is 10.7. The van der Waals surface area contributed by atoms with Gasteiger partial charge in [0.15, 0.2) is 5.75 Å². The molecule has 0 aliphatic heterocycles. The van der Waals surface area contributed by atoms with Gasteiger partial charge in [-0.1, -0.05) is 4.99 Å². The van der Waals surface area contributed by atoms with Crippen molar-refractivity contribution in [1.82, 2.24) is 4.57 Å². The van der Waals surface area contributed by atoms with Gasteiger partial charge in [0.1, 0.15) is 0 Å². The summed E-state index contributed by atoms with van der Waals surface area (Å²) in [5, 5.41) is 10.7. The van der Waals surface area contributed by atoms with Gasteiger partial charge in [-0.15, -0.1) is 0 Å². The van der Waals surface area contributed by atoms with Gasteiger partial charge in [-0.25, -0.2) is 0 Å². The molecule has 9 heteroatoms. The quantitative estimate of drug-likeness (QED) is 0.291. The molecule has 142 valence electrons. The van der Waals surface area contributed by atoms with Gasteiger partial charge in [0, 0.05) is 19.2 Å². The van der Waals surface area contributed by atoms with Gasteiger partial charge in [0.25, 0.3) is 5.69 Å². The van der Waals surface area contributed by atoms with E-state index in [9.17, 15) is 10.1 Å². The van der Waals surface area contributed by atoms with Gasteiger partial charge in [0.2, 0.25) is 0 Å². The Morgan fingerprint density at radius 3 is 1.89 bits per heavy atom. The van der Waals surface area contributed by atoms with E-state index in [0.29, 0.717) is 11.4 Å². The Kier molecular flexibility index (Phi) is 5.90. The predicted octanol–water partition coefficient (Wildman–Crippen LogP) is 3.62. The first-order valence-electron chi connectivity index (χ1n) is 8.18. The first kappa shape index (κ1) is 19.0. The van der Waals surface area contributed by atoms with Crippen LogP contribution in [0, 0.1) is 10.1 Å². The zero-order valence-electron chi connectivity index (χ0n) is 14.9. The van der Waals surface area contributed by atoms with Crippen LogP contribution in [-0.2, 0) is 12.0 Å². The first-order chi connectivity index (χ1) is 13.6. The summed E-state index contributed by atoms with van der Waals surface area (Å²) in [5.74, 6) is 5.32. The lowest BCUT2D eigenvalue weighted by molar-refractivity contribution is -0.384. The lowest BCUT2D eigenvalue weighted by Crippen LogP contribution is -2.02. The molecule has 0 saturated heterocycles. The molecular weight excluding hydrogens is 362 g/mol. The number of hydrogen-bond donors (Lipinski definition) is 1. The van der Waals surface area contributed by atoms with Crippen molar-refractivity contribution in [3.8, 4) is 5.75 Å². The summed E-state index contributed by atoms with van der Waals surface area (Å²) >= 11 is 0. The SMILES string of the molecule is Cn1c(C=Nc2ccc(OON)cc2)ccc1C=Nc1ccc([N+](=O)[O-])cc1. The van der Waals surface area contributed by atoms with Crippen LogP contribution in [0.5, 0.6) is 5.75 Å². The van der Waals surface area contributed by atoms with Gasteiger partial charge in [0.05, 0.1) is 40.1 Å². The Balaban J connectivity index is 1.70. The third-order valence-corrected chi connectivity index (χ3v) is 3.93. The normalized spacial score (nSPS) is 11.4. The average Bonchev–Trinajstić information content (AvgIpc) is 3.06. The van der Waals surface area contributed by atoms with E-state index in [1.165, 1.54) is 12.1 Å². The number of non-ortho nitro benzene ring substituents is 1. The molecule has 0 radical (unpaired) electrons. The Morgan fingerprint density at radius 2 is 1.43 bits per heavy atom. The molecule has 0 atom stereocenters. The molecule has 1 aromatic heterocycles. The fourth-order valence-electron chi connectivity index (χ4n) is 2.39. The van der Waals surface area contributed by atoms with Crippen LogP contribution >= 0.6 is 0 Å². The molecule has 9 nitrogen and oxygen atoms in total. The average molecular weight is 379 g/mol. The summed E-state index contributed by atoms with van der Waals surface area (Å²) in [6.07, 6.45) is 3.43. The van der Waals surface area contributed by atoms with Gasteiger partial charge < -0.3 is 9.45 Å². The summed E-state index contributed by atoms with van der Waals surface area (Å²) in [6, 6.07) is 16.8. The highest BCUT2D eigenvalue weighted by Gasteiger charge is 2.04. The Labute approximate surface area is 160 Å². The summed E-state index contributed by atoms with van der Waals surface area (Å²) in [6.45, 7) is 0. The molecule has 1 heterocycles. The molecule has 28 heavy (non-hydrogen) atoms. The Hall–Kier alpha value is -3.82. The van der Waals surface area contributed by atoms with Crippen LogP contribution in [0.25, 0.3) is 0 Å². The molecule has 0 spiro atoms. The van der Waals surface area contributed by atoms with Crippen LogP contribution in [-0.4, -0.2) is 21.9 Å². The number of nitro groups is 1. The number of rotatable bonds is 7. The van der Waals surface area contributed by atoms with Crippen molar-refractivity contribution in [2.45, 2.75) is 0 Å². The van der Waals surface area contributed by atoms with Crippen molar-refractivity contribution in [3.05, 3.63) is 82.2 Å². The van der Waals surface area contributed by atoms with Gasteiger partial charge in [-0.05, 0) is 48.5 Å². The second-order valence-corrected chi connectivity index (χ2v) is 5.71. The van der Waals surface area contributed by atoms with Crippen molar-refractivity contribution in [1.29, 1.82) is 0 Å². The van der Waals surface area contributed by atoms with Gasteiger partial charge >= 0.3 is 0 Å². The maximum Gasteiger partial charge on any atom is 0.269 e. The van der Waals surface area contributed by atoms with Gasteiger partial charge in [-0.2, -0.15) is 5.90 Å². The van der Waals surface area contributed by atoms with Crippen molar-refractivity contribution in [2.24, 2.45) is 22.9 Å². The largest absolute Gasteiger partial charge is 0.342 e. The van der Waals surface area contributed by atoms with Crippen LogP contribution in [0.1, 0.15) is 11.4 Å². The van der Waals surface area contributed by atoms with E-state index in [1.54, 1.807) is 48.8 Å². The smallest absolute Gasteiger partial charge is 0.269 e. The van der Waals surface area contributed by atoms with Crippen LogP contribution in [0.2, 0.25) is 0 Å². The molecule has 0 amide bonds. The van der Waals surface area contributed by atoms with E-state index in [2.05, 4.69) is 15.0 Å². The Bertz CT molecular complexity index is 1010. The highest BCUT2D eigenvalue weighted by molar-refractivity contribution is 5.86. The van der Waals surface area contributed by atoms with E-state index in [0.717, 1.165) is 17.1 Å². The van der Waals surface area contributed by atoms with Crippen LogP contribution in [0.15, 0.2) is 70.6 Å². The molecule has 0 unspecified atom stereocenters. The second-order valence-electron chi connectivity index (χ2n) is 5.71. The molecule has 0 saturated carbocycles. The molecule has 0 bridgehead atoms. The van der Waals surface area contributed by atoms with E-state index < -0.39 is 4.92 Å². The number of nitrogens with two attached hydrogens (primary N) is 1. The van der Waals surface area contributed by atoms with Gasteiger partial charge in [-0.3, -0.25) is 20.1 Å². The van der Waals surface area contributed by atoms with Crippen molar-refractivity contribution < 1.29 is 14.8 Å². The van der Waals surface area contributed by atoms with Crippen molar-refractivity contribution in [3.63, 3.8) is 0 Å². The van der Waals surface area contributed by atoms with Crippen LogP contribution < -0.4 is 10.8 Å². The summed E-state index contributed by atoms with van der Waals surface area (Å²) in [7, 11) is 1.90. The molecule has 0 fully saturated rings. The fraction of sp³-hybridized carbons (Fsp3) is 0.0526. The monoisotopic (exact) mass is 379 g/mol. The van der Waals surface area contributed by atoms with Crippen molar-refractivity contribution in [2.75, 3.05) is 0 Å². The topological polar surface area (TPSA) is 117 Å². The number of aromatic nitrogens is 1. The molecule has 2 aromatic carbocycles. The fourth-order valence-corrected chi connectivity index (χ4v) is 2.39. The predicted molar refractivity (Wildman–Crippen MR) is 105 cm³/mol. The third kappa shape index (κ3) is 4.67. The number of hydrogen-bond acceptors (Lipinski definition) is 7. The zero-order chi connectivity index (χ0) is 19.9. The van der Waals surface area contributed by atoms with Crippen molar-refractivity contribution >= 4 is 29.5 Å². The molecule has 3 aromatic rings. The lowest BCUT2D eigenvalue weighted by Gasteiger charge is -2.01. The van der Waals surface area contributed by atoms with E-state index >= 15 is 0 Å². The lowest BCUT2D eigenvalue weighted by atomic mass is 10.3. The standard InChI is InChI=1S/C19H17N5O4/c1-23-17(12-21-14-2-6-16(7-3-14)24(25)26)8-9-18(23)13-22-15-4-10-19(11-5-15)27-28-20/h2-13H,20H2,1H3. The molecular formula is C19H17N5O4. The molecule has 2 N–H and O–H groups in total. The third-order valence-electron chi connectivity index (χ3n) is 3.93. The van der Waals surface area contributed by atoms with E-state index in [4.69, 9.17) is 10.8 Å². The maximum absolute atomic E-state index is 10.7. The minimum atomic E-state index is -0.442.